The molecule has 0 bridgehead atoms. The van der Waals surface area contributed by atoms with Gasteiger partial charge in [-0.15, -0.1) is 0 Å². The second-order valence-electron chi connectivity index (χ2n) is 4.70. The Morgan fingerprint density at radius 3 is 2.26 bits per heavy atom. The van der Waals surface area contributed by atoms with Crippen molar-refractivity contribution in [3.8, 4) is 5.75 Å². The zero-order valence-electron chi connectivity index (χ0n) is 12.5. The number of nitrogens with one attached hydrogen (secondary N) is 1. The maximum absolute atomic E-state index is 12.7. The normalized spacial score (nSPS) is 10.0. The molecule has 0 fully saturated rings. The van der Waals surface area contributed by atoms with Gasteiger partial charge in [-0.2, -0.15) is 0 Å². The Labute approximate surface area is 133 Å². The Hall–Kier alpha value is -2.89. The molecule has 2 rings (SSSR count). The monoisotopic (exact) mass is 317 g/mol. The average Bonchev–Trinajstić information content (AvgIpc) is 2.53. The van der Waals surface area contributed by atoms with Crippen LogP contribution in [0.15, 0.2) is 48.5 Å². The highest BCUT2D eigenvalue weighted by Crippen LogP contribution is 2.12. The molecular weight excluding hydrogens is 301 g/mol. The van der Waals surface area contributed by atoms with Crippen LogP contribution in [0, 0.1) is 5.82 Å². The molecule has 5 nitrogen and oxygen atoms in total. The largest absolute Gasteiger partial charge is 0.490 e. The van der Waals surface area contributed by atoms with Gasteiger partial charge in [0.25, 0.3) is 0 Å². The highest BCUT2D eigenvalue weighted by Gasteiger charge is 2.07. The Balaban J connectivity index is 1.76. The first-order valence-electron chi connectivity index (χ1n) is 6.98. The topological polar surface area (TPSA) is 64.6 Å². The Bertz CT molecular complexity index is 668. The second kappa shape index (κ2) is 7.93. The number of hydrogen-bond acceptors (Lipinski definition) is 4. The molecule has 0 radical (unpaired) electrons. The van der Waals surface area contributed by atoms with E-state index in [0.717, 1.165) is 0 Å². The number of anilines is 1. The van der Waals surface area contributed by atoms with Crippen molar-refractivity contribution in [2.75, 3.05) is 18.5 Å². The standard InChI is InChI=1S/C17H16FNO4/c1-12(20)19-15-6-2-13(3-7-15)17(21)23-11-10-22-16-8-4-14(18)5-9-16/h2-9H,10-11H2,1H3,(H,19,20). The average molecular weight is 317 g/mol. The number of benzene rings is 2. The zero-order valence-corrected chi connectivity index (χ0v) is 12.5. The van der Waals surface area contributed by atoms with Crippen LogP contribution in [-0.4, -0.2) is 25.1 Å². The van der Waals surface area contributed by atoms with Crippen molar-refractivity contribution in [2.45, 2.75) is 6.92 Å². The molecule has 0 atom stereocenters. The summed E-state index contributed by atoms with van der Waals surface area (Å²) in [6.07, 6.45) is 0. The molecule has 1 amide bonds. The third-order valence-corrected chi connectivity index (χ3v) is 2.84. The van der Waals surface area contributed by atoms with Crippen molar-refractivity contribution in [3.63, 3.8) is 0 Å². The molecule has 1 N–H and O–H groups in total. The summed E-state index contributed by atoms with van der Waals surface area (Å²) in [5.41, 5.74) is 0.981. The van der Waals surface area contributed by atoms with E-state index in [0.29, 0.717) is 17.0 Å². The van der Waals surface area contributed by atoms with Crippen molar-refractivity contribution in [2.24, 2.45) is 0 Å². The van der Waals surface area contributed by atoms with Gasteiger partial charge in [-0.3, -0.25) is 4.79 Å². The van der Waals surface area contributed by atoms with Crippen molar-refractivity contribution < 1.29 is 23.5 Å². The third-order valence-electron chi connectivity index (χ3n) is 2.84. The van der Waals surface area contributed by atoms with Crippen LogP contribution >= 0.6 is 0 Å². The lowest BCUT2D eigenvalue weighted by Crippen LogP contribution is -2.12. The van der Waals surface area contributed by atoms with Crippen LogP contribution in [0.1, 0.15) is 17.3 Å². The molecule has 0 saturated carbocycles. The number of ether oxygens (including phenoxy) is 2. The van der Waals surface area contributed by atoms with Gasteiger partial charge in [0.05, 0.1) is 5.56 Å². The molecule has 6 heteroatoms. The second-order valence-corrected chi connectivity index (χ2v) is 4.70. The van der Waals surface area contributed by atoms with Crippen molar-refractivity contribution in [3.05, 3.63) is 59.9 Å². The lowest BCUT2D eigenvalue weighted by Gasteiger charge is -2.08. The number of rotatable bonds is 6. The minimum Gasteiger partial charge on any atom is -0.490 e. The van der Waals surface area contributed by atoms with Crippen molar-refractivity contribution >= 4 is 17.6 Å². The Morgan fingerprint density at radius 1 is 1.00 bits per heavy atom. The van der Waals surface area contributed by atoms with Gasteiger partial charge >= 0.3 is 5.97 Å². The molecule has 0 spiro atoms. The summed E-state index contributed by atoms with van der Waals surface area (Å²) in [7, 11) is 0. The molecular formula is C17H16FNO4. The van der Waals surface area contributed by atoms with Crippen molar-refractivity contribution in [1.29, 1.82) is 0 Å². The van der Waals surface area contributed by atoms with E-state index in [1.165, 1.54) is 31.2 Å². The predicted octanol–water partition coefficient (Wildman–Crippen LogP) is 3.02. The maximum atomic E-state index is 12.7. The van der Waals surface area contributed by atoms with Crippen LogP contribution in [-0.2, 0) is 9.53 Å². The van der Waals surface area contributed by atoms with E-state index in [-0.39, 0.29) is 24.9 Å². The minimum atomic E-state index is -0.484. The van der Waals surface area contributed by atoms with Crippen LogP contribution in [0.25, 0.3) is 0 Å². The highest BCUT2D eigenvalue weighted by atomic mass is 19.1. The van der Waals surface area contributed by atoms with Gasteiger partial charge in [-0.1, -0.05) is 0 Å². The van der Waals surface area contributed by atoms with E-state index in [2.05, 4.69) is 5.32 Å². The molecule has 0 saturated heterocycles. The van der Waals surface area contributed by atoms with Crippen LogP contribution < -0.4 is 10.1 Å². The van der Waals surface area contributed by atoms with E-state index in [4.69, 9.17) is 9.47 Å². The fourth-order valence-corrected chi connectivity index (χ4v) is 1.80. The summed E-state index contributed by atoms with van der Waals surface area (Å²) in [4.78, 5) is 22.7. The quantitative estimate of drug-likeness (QED) is 0.657. The SMILES string of the molecule is CC(=O)Nc1ccc(C(=O)OCCOc2ccc(F)cc2)cc1. The summed E-state index contributed by atoms with van der Waals surface area (Å²) >= 11 is 0. The van der Waals surface area contributed by atoms with E-state index in [1.807, 2.05) is 0 Å². The molecule has 0 aromatic heterocycles. The van der Waals surface area contributed by atoms with Gasteiger partial charge in [-0.25, -0.2) is 9.18 Å². The van der Waals surface area contributed by atoms with Gasteiger partial charge < -0.3 is 14.8 Å². The van der Waals surface area contributed by atoms with Crippen LogP contribution in [0.3, 0.4) is 0 Å². The summed E-state index contributed by atoms with van der Waals surface area (Å²) in [5.74, 6) is -0.506. The number of carbonyl (C=O) groups is 2. The van der Waals surface area contributed by atoms with E-state index in [1.54, 1.807) is 24.3 Å². The number of halogens is 1. The maximum Gasteiger partial charge on any atom is 0.338 e. The van der Waals surface area contributed by atoms with Crippen LogP contribution in [0.2, 0.25) is 0 Å². The lowest BCUT2D eigenvalue weighted by atomic mass is 10.2. The van der Waals surface area contributed by atoms with Crippen LogP contribution in [0.4, 0.5) is 10.1 Å². The first-order chi connectivity index (χ1) is 11.0. The first-order valence-corrected chi connectivity index (χ1v) is 6.98. The molecule has 0 heterocycles. The highest BCUT2D eigenvalue weighted by molar-refractivity contribution is 5.92. The molecule has 120 valence electrons. The molecule has 0 unspecified atom stereocenters. The third kappa shape index (κ3) is 5.43. The smallest absolute Gasteiger partial charge is 0.338 e. The predicted molar refractivity (Wildman–Crippen MR) is 82.9 cm³/mol. The number of carbonyl (C=O) groups excluding carboxylic acids is 2. The van der Waals surface area contributed by atoms with Gasteiger partial charge in [-0.05, 0) is 48.5 Å². The fraction of sp³-hybridized carbons (Fsp3) is 0.176. The summed E-state index contributed by atoms with van der Waals surface area (Å²) in [6, 6.07) is 11.9. The molecule has 2 aromatic carbocycles. The van der Waals surface area contributed by atoms with E-state index in [9.17, 15) is 14.0 Å². The van der Waals surface area contributed by atoms with E-state index >= 15 is 0 Å². The number of hydrogen-bond donors (Lipinski definition) is 1. The molecule has 0 aliphatic heterocycles. The Morgan fingerprint density at radius 2 is 1.65 bits per heavy atom. The summed E-state index contributed by atoms with van der Waals surface area (Å²) in [5, 5.41) is 2.61. The lowest BCUT2D eigenvalue weighted by molar-refractivity contribution is -0.114. The first kappa shape index (κ1) is 16.5. The van der Waals surface area contributed by atoms with Crippen molar-refractivity contribution in [1.82, 2.24) is 0 Å². The molecule has 0 aliphatic rings. The fourth-order valence-electron chi connectivity index (χ4n) is 1.80. The summed E-state index contributed by atoms with van der Waals surface area (Å²) < 4.78 is 23.1. The number of esters is 1. The summed E-state index contributed by atoms with van der Waals surface area (Å²) in [6.45, 7) is 1.65. The van der Waals surface area contributed by atoms with Gasteiger partial charge in [0, 0.05) is 12.6 Å². The van der Waals surface area contributed by atoms with E-state index < -0.39 is 5.97 Å². The van der Waals surface area contributed by atoms with Gasteiger partial charge in [0.1, 0.15) is 24.8 Å². The molecule has 2 aromatic rings. The molecule has 0 aliphatic carbocycles. The van der Waals surface area contributed by atoms with Gasteiger partial charge in [0.2, 0.25) is 5.91 Å². The number of amides is 1. The van der Waals surface area contributed by atoms with Gasteiger partial charge in [0.15, 0.2) is 0 Å². The Kier molecular flexibility index (Phi) is 5.68. The minimum absolute atomic E-state index is 0.0731. The van der Waals surface area contributed by atoms with Crippen LogP contribution in [0.5, 0.6) is 5.75 Å². The molecule has 23 heavy (non-hydrogen) atoms. The zero-order chi connectivity index (χ0) is 16.7.